The zero-order valence-electron chi connectivity index (χ0n) is 8.70. The van der Waals surface area contributed by atoms with Crippen molar-refractivity contribution in [3.63, 3.8) is 0 Å². The van der Waals surface area contributed by atoms with Gasteiger partial charge in [-0.3, -0.25) is 4.79 Å². The molecule has 1 aromatic carbocycles. The second-order valence-electron chi connectivity index (χ2n) is 3.17. The van der Waals surface area contributed by atoms with E-state index in [4.69, 9.17) is 9.84 Å². The van der Waals surface area contributed by atoms with Crippen LogP contribution in [0.1, 0.15) is 30.1 Å². The summed E-state index contributed by atoms with van der Waals surface area (Å²) in [5.74, 6) is -2.73. The first-order valence-corrected chi connectivity index (χ1v) is 4.78. The average molecular weight is 226 g/mol. The van der Waals surface area contributed by atoms with Crippen molar-refractivity contribution in [2.75, 3.05) is 0 Å². The fraction of sp³-hybridized carbons (Fsp3) is 0.273. The normalized spacial score (nSPS) is 9.88. The van der Waals surface area contributed by atoms with E-state index in [1.165, 1.54) is 6.07 Å². The lowest BCUT2D eigenvalue weighted by Crippen LogP contribution is -2.08. The van der Waals surface area contributed by atoms with Crippen LogP contribution in [0.15, 0.2) is 18.2 Å². The lowest BCUT2D eigenvalue weighted by atomic mass is 10.2. The van der Waals surface area contributed by atoms with E-state index in [1.807, 2.05) is 6.92 Å². The Kier molecular flexibility index (Phi) is 3.99. The molecule has 1 N–H and O–H groups in total. The average Bonchev–Trinajstić information content (AvgIpc) is 2.17. The van der Waals surface area contributed by atoms with Gasteiger partial charge in [0.15, 0.2) is 0 Å². The van der Waals surface area contributed by atoms with Gasteiger partial charge in [-0.05, 0) is 18.6 Å². The molecule has 0 fully saturated rings. The number of carbonyl (C=O) groups is 2. The van der Waals surface area contributed by atoms with E-state index >= 15 is 0 Å². The van der Waals surface area contributed by atoms with E-state index < -0.39 is 23.3 Å². The molecule has 86 valence electrons. The lowest BCUT2D eigenvalue weighted by Gasteiger charge is -2.04. The van der Waals surface area contributed by atoms with Crippen LogP contribution in [0.2, 0.25) is 0 Å². The van der Waals surface area contributed by atoms with Crippen LogP contribution in [0.3, 0.4) is 0 Å². The van der Waals surface area contributed by atoms with Gasteiger partial charge in [-0.25, -0.2) is 9.18 Å². The highest BCUT2D eigenvalue weighted by atomic mass is 19.1. The number of carboxylic acid groups (broad SMARTS) is 1. The van der Waals surface area contributed by atoms with Gasteiger partial charge in [0.1, 0.15) is 11.6 Å². The van der Waals surface area contributed by atoms with Crippen LogP contribution in [0.4, 0.5) is 4.39 Å². The first-order chi connectivity index (χ1) is 7.54. The van der Waals surface area contributed by atoms with Crippen molar-refractivity contribution in [2.45, 2.75) is 19.8 Å². The van der Waals surface area contributed by atoms with Crippen molar-refractivity contribution < 1.29 is 23.8 Å². The third-order valence-electron chi connectivity index (χ3n) is 1.86. The van der Waals surface area contributed by atoms with Gasteiger partial charge in [-0.1, -0.05) is 6.92 Å². The Labute approximate surface area is 91.7 Å². The van der Waals surface area contributed by atoms with Crippen LogP contribution in [0.25, 0.3) is 0 Å². The molecule has 0 saturated heterocycles. The fourth-order valence-electron chi connectivity index (χ4n) is 1.12. The minimum Gasteiger partial charge on any atom is -0.478 e. The van der Waals surface area contributed by atoms with Crippen molar-refractivity contribution in [3.05, 3.63) is 29.6 Å². The summed E-state index contributed by atoms with van der Waals surface area (Å²) in [6, 6.07) is 3.20. The molecule has 0 heterocycles. The van der Waals surface area contributed by atoms with Gasteiger partial charge in [0, 0.05) is 12.5 Å². The predicted molar refractivity (Wildman–Crippen MR) is 53.9 cm³/mol. The number of ether oxygens (including phenoxy) is 1. The van der Waals surface area contributed by atoms with E-state index in [2.05, 4.69) is 0 Å². The highest BCUT2D eigenvalue weighted by Gasteiger charge is 2.12. The molecule has 0 atom stereocenters. The number of carboxylic acids is 1. The number of esters is 1. The molecule has 0 amide bonds. The fourth-order valence-corrected chi connectivity index (χ4v) is 1.12. The number of carbonyl (C=O) groups excluding carboxylic acids is 1. The highest BCUT2D eigenvalue weighted by Crippen LogP contribution is 2.17. The van der Waals surface area contributed by atoms with Crippen LogP contribution in [-0.2, 0) is 4.79 Å². The van der Waals surface area contributed by atoms with Gasteiger partial charge in [-0.15, -0.1) is 0 Å². The van der Waals surface area contributed by atoms with Gasteiger partial charge in [0.25, 0.3) is 0 Å². The van der Waals surface area contributed by atoms with Crippen molar-refractivity contribution >= 4 is 11.9 Å². The van der Waals surface area contributed by atoms with E-state index in [1.54, 1.807) is 0 Å². The summed E-state index contributed by atoms with van der Waals surface area (Å²) in [6.07, 6.45) is 0.872. The Morgan fingerprint density at radius 2 is 2.12 bits per heavy atom. The predicted octanol–water partition coefficient (Wildman–Crippen LogP) is 2.23. The number of rotatable bonds is 4. The van der Waals surface area contributed by atoms with Gasteiger partial charge in [-0.2, -0.15) is 0 Å². The summed E-state index contributed by atoms with van der Waals surface area (Å²) in [5.41, 5.74) is -0.449. The maximum atomic E-state index is 13.2. The zero-order chi connectivity index (χ0) is 12.1. The summed E-state index contributed by atoms with van der Waals surface area (Å²) >= 11 is 0. The van der Waals surface area contributed by atoms with Gasteiger partial charge in [0.05, 0.1) is 5.56 Å². The number of aromatic carboxylic acids is 1. The third kappa shape index (κ3) is 3.05. The van der Waals surface area contributed by atoms with Crippen LogP contribution < -0.4 is 4.74 Å². The quantitative estimate of drug-likeness (QED) is 0.631. The van der Waals surface area contributed by atoms with Crippen LogP contribution in [0, 0.1) is 5.82 Å². The lowest BCUT2D eigenvalue weighted by molar-refractivity contribution is -0.134. The van der Waals surface area contributed by atoms with Gasteiger partial charge in [0.2, 0.25) is 0 Å². The molecule has 0 aliphatic carbocycles. The molecule has 0 aromatic heterocycles. The van der Waals surface area contributed by atoms with E-state index in [0.29, 0.717) is 6.42 Å². The highest BCUT2D eigenvalue weighted by molar-refractivity contribution is 5.88. The SMILES string of the molecule is CCCC(=O)Oc1ccc(C(=O)O)c(F)c1. The van der Waals surface area contributed by atoms with Crippen molar-refractivity contribution in [1.82, 2.24) is 0 Å². The summed E-state index contributed by atoms with van der Waals surface area (Å²) < 4.78 is 18.0. The van der Waals surface area contributed by atoms with Gasteiger partial charge < -0.3 is 9.84 Å². The third-order valence-corrected chi connectivity index (χ3v) is 1.86. The standard InChI is InChI=1S/C11H11FO4/c1-2-3-10(13)16-7-4-5-8(11(14)15)9(12)6-7/h4-6H,2-3H2,1H3,(H,14,15). The topological polar surface area (TPSA) is 63.6 Å². The number of hydrogen-bond donors (Lipinski definition) is 1. The van der Waals surface area contributed by atoms with Crippen molar-refractivity contribution in [3.8, 4) is 5.75 Å². The number of benzene rings is 1. The molecular weight excluding hydrogens is 215 g/mol. The molecule has 0 aliphatic rings. The summed E-state index contributed by atoms with van der Waals surface area (Å²) in [6.45, 7) is 1.81. The molecule has 0 radical (unpaired) electrons. The number of hydrogen-bond acceptors (Lipinski definition) is 3. The molecular formula is C11H11FO4. The van der Waals surface area contributed by atoms with Gasteiger partial charge >= 0.3 is 11.9 Å². The molecule has 0 saturated carbocycles. The first-order valence-electron chi connectivity index (χ1n) is 4.78. The van der Waals surface area contributed by atoms with Crippen LogP contribution >= 0.6 is 0 Å². The Morgan fingerprint density at radius 3 is 2.62 bits per heavy atom. The molecule has 5 heteroatoms. The molecule has 16 heavy (non-hydrogen) atoms. The van der Waals surface area contributed by atoms with Crippen LogP contribution in [-0.4, -0.2) is 17.0 Å². The maximum Gasteiger partial charge on any atom is 0.338 e. The summed E-state index contributed by atoms with van der Waals surface area (Å²) in [4.78, 5) is 21.6. The molecule has 0 bridgehead atoms. The monoisotopic (exact) mass is 226 g/mol. The molecule has 0 spiro atoms. The first kappa shape index (κ1) is 12.2. The largest absolute Gasteiger partial charge is 0.478 e. The minimum absolute atomic E-state index is 0.0148. The Bertz CT molecular complexity index is 414. The summed E-state index contributed by atoms with van der Waals surface area (Å²) in [5, 5.41) is 8.57. The smallest absolute Gasteiger partial charge is 0.338 e. The van der Waals surface area contributed by atoms with Crippen LogP contribution in [0.5, 0.6) is 5.75 Å². The second kappa shape index (κ2) is 5.25. The maximum absolute atomic E-state index is 13.2. The Morgan fingerprint density at radius 1 is 1.44 bits per heavy atom. The molecule has 0 aliphatic heterocycles. The van der Waals surface area contributed by atoms with E-state index in [9.17, 15) is 14.0 Å². The van der Waals surface area contributed by atoms with E-state index in [-0.39, 0.29) is 12.2 Å². The Hall–Kier alpha value is -1.91. The minimum atomic E-state index is -1.36. The molecule has 1 aromatic rings. The van der Waals surface area contributed by atoms with E-state index in [0.717, 1.165) is 12.1 Å². The van der Waals surface area contributed by atoms with Crippen molar-refractivity contribution in [1.29, 1.82) is 0 Å². The number of halogens is 1. The second-order valence-corrected chi connectivity index (χ2v) is 3.17. The molecule has 0 unspecified atom stereocenters. The molecule has 1 rings (SSSR count). The zero-order valence-corrected chi connectivity index (χ0v) is 8.70. The molecule has 4 nitrogen and oxygen atoms in total. The summed E-state index contributed by atoms with van der Waals surface area (Å²) in [7, 11) is 0. The Balaban J connectivity index is 2.81. The van der Waals surface area contributed by atoms with Crippen molar-refractivity contribution in [2.24, 2.45) is 0 Å².